The van der Waals surface area contributed by atoms with E-state index in [1.54, 1.807) is 0 Å². The van der Waals surface area contributed by atoms with E-state index < -0.39 is 0 Å². The molecule has 2 fully saturated rings. The van der Waals surface area contributed by atoms with E-state index in [4.69, 9.17) is 9.47 Å². The smallest absolute Gasteiger partial charge is 0.0641 e. The van der Waals surface area contributed by atoms with Crippen LogP contribution >= 0.6 is 0 Å². The molecule has 3 nitrogen and oxygen atoms in total. The van der Waals surface area contributed by atoms with Gasteiger partial charge in [0.1, 0.15) is 0 Å². The maximum Gasteiger partial charge on any atom is 0.0641 e. The van der Waals surface area contributed by atoms with Gasteiger partial charge < -0.3 is 14.8 Å². The van der Waals surface area contributed by atoms with E-state index in [9.17, 15) is 0 Å². The molecule has 2 aliphatic rings. The highest BCUT2D eigenvalue weighted by molar-refractivity contribution is 4.86. The molecule has 2 rings (SSSR count). The fourth-order valence-electron chi connectivity index (χ4n) is 2.86. The van der Waals surface area contributed by atoms with Gasteiger partial charge in [-0.1, -0.05) is 0 Å². The van der Waals surface area contributed by atoms with Crippen molar-refractivity contribution in [1.29, 1.82) is 0 Å². The Bertz CT molecular complexity index is 230. The predicted octanol–water partition coefficient (Wildman–Crippen LogP) is 2.10. The molecule has 3 heteroatoms. The van der Waals surface area contributed by atoms with Crippen molar-refractivity contribution < 1.29 is 9.47 Å². The van der Waals surface area contributed by atoms with Gasteiger partial charge in [0.2, 0.25) is 0 Å². The Labute approximate surface area is 98.9 Å². The molecule has 0 amide bonds. The second-order valence-electron chi connectivity index (χ2n) is 5.87. The summed E-state index contributed by atoms with van der Waals surface area (Å²) in [5, 5.41) is 3.78. The van der Waals surface area contributed by atoms with Gasteiger partial charge in [-0.05, 0) is 46.5 Å². The lowest BCUT2D eigenvalue weighted by molar-refractivity contribution is -0.0675. The largest absolute Gasteiger partial charge is 0.378 e. The molecule has 2 heterocycles. The van der Waals surface area contributed by atoms with Crippen molar-refractivity contribution in [3.05, 3.63) is 0 Å². The van der Waals surface area contributed by atoms with E-state index >= 15 is 0 Å². The zero-order valence-electron chi connectivity index (χ0n) is 10.8. The molecule has 2 aliphatic heterocycles. The fourth-order valence-corrected chi connectivity index (χ4v) is 2.86. The number of rotatable bonds is 2. The number of nitrogens with one attached hydrogen (secondary N) is 1. The summed E-state index contributed by atoms with van der Waals surface area (Å²) < 4.78 is 11.3. The first kappa shape index (κ1) is 12.3. The summed E-state index contributed by atoms with van der Waals surface area (Å²) in [7, 11) is 0. The average molecular weight is 227 g/mol. The van der Waals surface area contributed by atoms with Crippen LogP contribution in [0.3, 0.4) is 0 Å². The van der Waals surface area contributed by atoms with Crippen molar-refractivity contribution in [3.63, 3.8) is 0 Å². The Hall–Kier alpha value is -0.120. The third-order valence-corrected chi connectivity index (χ3v) is 3.65. The van der Waals surface area contributed by atoms with Gasteiger partial charge in [0.15, 0.2) is 0 Å². The van der Waals surface area contributed by atoms with E-state index in [1.165, 1.54) is 0 Å². The zero-order valence-corrected chi connectivity index (χ0v) is 10.8. The second kappa shape index (κ2) is 5.03. The van der Waals surface area contributed by atoms with Crippen molar-refractivity contribution in [2.75, 3.05) is 13.2 Å². The quantitative estimate of drug-likeness (QED) is 0.783. The molecule has 0 aromatic carbocycles. The highest BCUT2D eigenvalue weighted by Crippen LogP contribution is 2.25. The first-order chi connectivity index (χ1) is 7.55. The lowest BCUT2D eigenvalue weighted by atomic mass is 9.92. The summed E-state index contributed by atoms with van der Waals surface area (Å²) in [4.78, 5) is 0. The van der Waals surface area contributed by atoms with E-state index in [0.717, 1.165) is 38.9 Å². The zero-order chi connectivity index (χ0) is 11.6. The van der Waals surface area contributed by atoms with E-state index in [2.05, 4.69) is 26.1 Å². The Morgan fingerprint density at radius 2 is 1.88 bits per heavy atom. The molecule has 16 heavy (non-hydrogen) atoms. The molecule has 0 radical (unpaired) electrons. The Balaban J connectivity index is 1.80. The van der Waals surface area contributed by atoms with Gasteiger partial charge in [-0.15, -0.1) is 0 Å². The molecule has 3 atom stereocenters. The van der Waals surface area contributed by atoms with Crippen LogP contribution < -0.4 is 5.32 Å². The molecular weight excluding hydrogens is 202 g/mol. The lowest BCUT2D eigenvalue weighted by Crippen LogP contribution is -2.49. The van der Waals surface area contributed by atoms with Crippen LogP contribution in [0.15, 0.2) is 0 Å². The summed E-state index contributed by atoms with van der Waals surface area (Å²) >= 11 is 0. The molecule has 0 bridgehead atoms. The van der Waals surface area contributed by atoms with E-state index in [-0.39, 0.29) is 5.60 Å². The molecule has 0 aromatic heterocycles. The van der Waals surface area contributed by atoms with Crippen molar-refractivity contribution in [3.8, 4) is 0 Å². The summed E-state index contributed by atoms with van der Waals surface area (Å²) in [6.45, 7) is 8.34. The highest BCUT2D eigenvalue weighted by Gasteiger charge is 2.30. The van der Waals surface area contributed by atoms with Crippen molar-refractivity contribution in [2.45, 2.75) is 70.2 Å². The van der Waals surface area contributed by atoms with Gasteiger partial charge in [-0.3, -0.25) is 0 Å². The Kier molecular flexibility index (Phi) is 3.88. The van der Waals surface area contributed by atoms with Crippen LogP contribution in [0.2, 0.25) is 0 Å². The minimum absolute atomic E-state index is 0.0483. The molecule has 2 saturated heterocycles. The first-order valence-electron chi connectivity index (χ1n) is 6.57. The van der Waals surface area contributed by atoms with E-state index in [0.29, 0.717) is 18.2 Å². The van der Waals surface area contributed by atoms with Gasteiger partial charge in [-0.25, -0.2) is 0 Å². The maximum atomic E-state index is 5.74. The third kappa shape index (κ3) is 3.44. The van der Waals surface area contributed by atoms with Gasteiger partial charge in [-0.2, -0.15) is 0 Å². The van der Waals surface area contributed by atoms with Gasteiger partial charge in [0.05, 0.1) is 11.7 Å². The molecule has 0 saturated carbocycles. The standard InChI is InChI=1S/C13H25NO2/c1-10-8-11(4-6-15-10)14-12-5-7-16-13(2,3)9-12/h10-12,14H,4-9H2,1-3H3. The van der Waals surface area contributed by atoms with Crippen LogP contribution in [0.5, 0.6) is 0 Å². The molecular formula is C13H25NO2. The van der Waals surface area contributed by atoms with Gasteiger partial charge in [0.25, 0.3) is 0 Å². The van der Waals surface area contributed by atoms with Crippen LogP contribution in [-0.4, -0.2) is 37.0 Å². The Morgan fingerprint density at radius 3 is 2.56 bits per heavy atom. The third-order valence-electron chi connectivity index (χ3n) is 3.65. The van der Waals surface area contributed by atoms with Crippen LogP contribution in [0, 0.1) is 0 Å². The minimum atomic E-state index is 0.0483. The maximum absolute atomic E-state index is 5.74. The normalized spacial score (nSPS) is 39.6. The minimum Gasteiger partial charge on any atom is -0.378 e. The highest BCUT2D eigenvalue weighted by atomic mass is 16.5. The molecule has 94 valence electrons. The molecule has 0 aromatic rings. The predicted molar refractivity (Wildman–Crippen MR) is 64.6 cm³/mol. The summed E-state index contributed by atoms with van der Waals surface area (Å²) in [6.07, 6.45) is 4.99. The number of hydrogen-bond acceptors (Lipinski definition) is 3. The van der Waals surface area contributed by atoms with Crippen molar-refractivity contribution in [1.82, 2.24) is 5.32 Å². The van der Waals surface area contributed by atoms with Crippen molar-refractivity contribution in [2.24, 2.45) is 0 Å². The lowest BCUT2D eigenvalue weighted by Gasteiger charge is -2.39. The Morgan fingerprint density at radius 1 is 1.12 bits per heavy atom. The monoisotopic (exact) mass is 227 g/mol. The van der Waals surface area contributed by atoms with Crippen molar-refractivity contribution >= 4 is 0 Å². The summed E-state index contributed by atoms with van der Waals surface area (Å²) in [5.74, 6) is 0. The van der Waals surface area contributed by atoms with E-state index in [1.807, 2.05) is 0 Å². The summed E-state index contributed by atoms with van der Waals surface area (Å²) in [5.41, 5.74) is 0.0483. The molecule has 3 unspecified atom stereocenters. The van der Waals surface area contributed by atoms with Gasteiger partial charge >= 0.3 is 0 Å². The van der Waals surface area contributed by atoms with Crippen LogP contribution in [0.4, 0.5) is 0 Å². The van der Waals surface area contributed by atoms with Gasteiger partial charge in [0, 0.05) is 25.3 Å². The molecule has 0 spiro atoms. The number of ether oxygens (including phenoxy) is 2. The molecule has 1 N–H and O–H groups in total. The SMILES string of the molecule is CC1CC(NC2CCOC(C)(C)C2)CCO1. The first-order valence-corrected chi connectivity index (χ1v) is 6.57. The molecule has 0 aliphatic carbocycles. The summed E-state index contributed by atoms with van der Waals surface area (Å²) in [6, 6.07) is 1.27. The topological polar surface area (TPSA) is 30.5 Å². The van der Waals surface area contributed by atoms with Crippen LogP contribution in [0.25, 0.3) is 0 Å². The van der Waals surface area contributed by atoms with Crippen LogP contribution in [-0.2, 0) is 9.47 Å². The fraction of sp³-hybridized carbons (Fsp3) is 1.00. The average Bonchev–Trinajstić information content (AvgIpc) is 2.15. The van der Waals surface area contributed by atoms with Crippen LogP contribution in [0.1, 0.15) is 46.5 Å². The second-order valence-corrected chi connectivity index (χ2v) is 5.87. The number of hydrogen-bond donors (Lipinski definition) is 1.